The Hall–Kier alpha value is -2.27. The summed E-state index contributed by atoms with van der Waals surface area (Å²) in [4.78, 5) is 17.5. The van der Waals surface area contributed by atoms with Crippen LogP contribution in [0.2, 0.25) is 0 Å². The van der Waals surface area contributed by atoms with Crippen LogP contribution in [0.15, 0.2) is 30.3 Å². The summed E-state index contributed by atoms with van der Waals surface area (Å²) in [6.45, 7) is 8.61. The lowest BCUT2D eigenvalue weighted by molar-refractivity contribution is 0.0781. The molecule has 1 aliphatic heterocycles. The number of carbonyl (C=O) groups is 1. The Kier molecular flexibility index (Phi) is 5.61. The van der Waals surface area contributed by atoms with Crippen LogP contribution in [-0.2, 0) is 6.54 Å². The number of rotatable bonds is 5. The first-order chi connectivity index (χ1) is 12.9. The van der Waals surface area contributed by atoms with Crippen LogP contribution in [0.5, 0.6) is 5.75 Å². The average molecular weight is 370 g/mol. The van der Waals surface area contributed by atoms with Gasteiger partial charge in [-0.1, -0.05) is 12.1 Å². The number of methoxy groups -OCH3 is 1. The molecule has 0 aliphatic carbocycles. The summed E-state index contributed by atoms with van der Waals surface area (Å²) in [6, 6.07) is 10.6. The molecular formula is C22H31N3O2. The maximum absolute atomic E-state index is 13.3. The smallest absolute Gasteiger partial charge is 0.255 e. The van der Waals surface area contributed by atoms with E-state index in [2.05, 4.69) is 49.5 Å². The van der Waals surface area contributed by atoms with Crippen molar-refractivity contribution in [2.24, 2.45) is 0 Å². The fourth-order valence-corrected chi connectivity index (χ4v) is 4.33. The Balaban J connectivity index is 1.86. The summed E-state index contributed by atoms with van der Waals surface area (Å²) in [6.07, 6.45) is 0. The summed E-state index contributed by atoms with van der Waals surface area (Å²) in [5.41, 5.74) is 4.30. The van der Waals surface area contributed by atoms with Crippen LogP contribution in [-0.4, -0.2) is 60.6 Å². The lowest BCUT2D eigenvalue weighted by Crippen LogP contribution is -2.36. The third-order valence-electron chi connectivity index (χ3n) is 5.90. The summed E-state index contributed by atoms with van der Waals surface area (Å²) in [5, 5.41) is 0. The molecule has 5 heteroatoms. The molecule has 0 spiro atoms. The summed E-state index contributed by atoms with van der Waals surface area (Å²) in [7, 11) is 5.87. The van der Waals surface area contributed by atoms with E-state index < -0.39 is 0 Å². The Morgan fingerprint density at radius 1 is 1.19 bits per heavy atom. The molecule has 1 amide bonds. The molecule has 1 aromatic heterocycles. The maximum Gasteiger partial charge on any atom is 0.255 e. The van der Waals surface area contributed by atoms with Gasteiger partial charge in [0.25, 0.3) is 5.91 Å². The number of hydrogen-bond donors (Lipinski definition) is 0. The van der Waals surface area contributed by atoms with Crippen molar-refractivity contribution in [3.8, 4) is 5.75 Å². The quantitative estimate of drug-likeness (QED) is 0.812. The molecule has 2 atom stereocenters. The van der Waals surface area contributed by atoms with Gasteiger partial charge in [0.05, 0.1) is 12.7 Å². The van der Waals surface area contributed by atoms with Crippen molar-refractivity contribution < 1.29 is 9.53 Å². The van der Waals surface area contributed by atoms with Crippen LogP contribution in [0.25, 0.3) is 0 Å². The van der Waals surface area contributed by atoms with Crippen LogP contribution in [0.4, 0.5) is 0 Å². The zero-order chi connectivity index (χ0) is 19.7. The van der Waals surface area contributed by atoms with Crippen molar-refractivity contribution in [2.45, 2.75) is 39.3 Å². The van der Waals surface area contributed by atoms with Gasteiger partial charge < -0.3 is 19.1 Å². The van der Waals surface area contributed by atoms with Gasteiger partial charge in [0.1, 0.15) is 5.75 Å². The van der Waals surface area contributed by atoms with Crippen molar-refractivity contribution in [3.63, 3.8) is 0 Å². The number of carbonyl (C=O) groups excluding carboxylic acids is 1. The normalized spacial score (nSPS) is 19.7. The van der Waals surface area contributed by atoms with Gasteiger partial charge in [-0.2, -0.15) is 0 Å². The van der Waals surface area contributed by atoms with Crippen molar-refractivity contribution in [2.75, 3.05) is 34.3 Å². The molecular weight excluding hydrogens is 338 g/mol. The standard InChI is InChI=1S/C22H31N3O2/c1-7-25-15(2)12-19(16(25)3)22(26)24-13-20(21(14-24)23(4)5)17-8-10-18(27-6)11-9-17/h8-12,20-21H,7,13-14H2,1-6H3/t20-,21+/m0/s1. The van der Waals surface area contributed by atoms with Gasteiger partial charge in [-0.15, -0.1) is 0 Å². The third-order valence-corrected chi connectivity index (χ3v) is 5.90. The fraction of sp³-hybridized carbons (Fsp3) is 0.500. The second-order valence-electron chi connectivity index (χ2n) is 7.65. The number of likely N-dealkylation sites (N-methyl/N-ethyl adjacent to an activating group) is 1. The van der Waals surface area contributed by atoms with Gasteiger partial charge >= 0.3 is 0 Å². The second-order valence-corrected chi connectivity index (χ2v) is 7.65. The molecule has 27 heavy (non-hydrogen) atoms. The molecule has 1 saturated heterocycles. The number of likely N-dealkylation sites (tertiary alicyclic amines) is 1. The number of hydrogen-bond acceptors (Lipinski definition) is 3. The number of benzene rings is 1. The van der Waals surface area contributed by atoms with E-state index in [0.29, 0.717) is 12.0 Å². The highest BCUT2D eigenvalue weighted by atomic mass is 16.5. The molecule has 1 aromatic carbocycles. The van der Waals surface area contributed by atoms with Gasteiger partial charge in [0, 0.05) is 43.0 Å². The number of aromatic nitrogens is 1. The molecule has 1 fully saturated rings. The minimum absolute atomic E-state index is 0.144. The molecule has 0 N–H and O–H groups in total. The minimum Gasteiger partial charge on any atom is -0.497 e. The molecule has 0 bridgehead atoms. The maximum atomic E-state index is 13.3. The Bertz CT molecular complexity index is 808. The molecule has 1 aliphatic rings. The highest BCUT2D eigenvalue weighted by molar-refractivity contribution is 5.96. The van der Waals surface area contributed by atoms with Gasteiger partial charge in [-0.05, 0) is 58.6 Å². The van der Waals surface area contributed by atoms with E-state index in [-0.39, 0.29) is 5.91 Å². The Morgan fingerprint density at radius 3 is 2.37 bits per heavy atom. The molecule has 0 radical (unpaired) electrons. The number of aryl methyl sites for hydroxylation is 1. The first-order valence-electron chi connectivity index (χ1n) is 9.63. The van der Waals surface area contributed by atoms with Gasteiger partial charge in [0.2, 0.25) is 0 Å². The van der Waals surface area contributed by atoms with Crippen LogP contribution in [0, 0.1) is 13.8 Å². The van der Waals surface area contributed by atoms with E-state index in [9.17, 15) is 4.79 Å². The topological polar surface area (TPSA) is 37.7 Å². The minimum atomic E-state index is 0.144. The van der Waals surface area contributed by atoms with E-state index in [0.717, 1.165) is 42.3 Å². The summed E-state index contributed by atoms with van der Waals surface area (Å²) >= 11 is 0. The zero-order valence-electron chi connectivity index (χ0n) is 17.3. The number of nitrogens with zero attached hydrogens (tertiary/aromatic N) is 3. The Labute approximate surface area is 162 Å². The van der Waals surface area contributed by atoms with Crippen LogP contribution in [0.3, 0.4) is 0 Å². The summed E-state index contributed by atoms with van der Waals surface area (Å²) in [5.74, 6) is 1.30. The lowest BCUT2D eigenvalue weighted by atomic mass is 9.93. The third kappa shape index (κ3) is 3.61. The largest absolute Gasteiger partial charge is 0.497 e. The van der Waals surface area contributed by atoms with E-state index in [1.807, 2.05) is 30.0 Å². The zero-order valence-corrected chi connectivity index (χ0v) is 17.3. The van der Waals surface area contributed by atoms with E-state index >= 15 is 0 Å². The molecule has 0 unspecified atom stereocenters. The van der Waals surface area contributed by atoms with Crippen LogP contribution >= 0.6 is 0 Å². The van der Waals surface area contributed by atoms with Crippen molar-refractivity contribution in [1.29, 1.82) is 0 Å². The molecule has 3 rings (SSSR count). The van der Waals surface area contributed by atoms with Gasteiger partial charge in [0.15, 0.2) is 0 Å². The molecule has 5 nitrogen and oxygen atoms in total. The van der Waals surface area contributed by atoms with Crippen molar-refractivity contribution in [3.05, 3.63) is 52.8 Å². The predicted molar refractivity (Wildman–Crippen MR) is 109 cm³/mol. The van der Waals surface area contributed by atoms with Crippen LogP contribution < -0.4 is 4.74 Å². The molecule has 2 heterocycles. The second kappa shape index (κ2) is 7.77. The summed E-state index contributed by atoms with van der Waals surface area (Å²) < 4.78 is 7.49. The SMILES string of the molecule is CCn1c(C)cc(C(=O)N2C[C@@H](N(C)C)[C@H](c3ccc(OC)cc3)C2)c1C. The van der Waals surface area contributed by atoms with Crippen LogP contribution in [0.1, 0.15) is 40.2 Å². The fourth-order valence-electron chi connectivity index (χ4n) is 4.33. The predicted octanol–water partition coefficient (Wildman–Crippen LogP) is 3.30. The number of amides is 1. The number of ether oxygens (including phenoxy) is 1. The van der Waals surface area contributed by atoms with E-state index in [1.54, 1.807) is 7.11 Å². The highest BCUT2D eigenvalue weighted by Crippen LogP contribution is 2.32. The first kappa shape index (κ1) is 19.5. The van der Waals surface area contributed by atoms with E-state index in [4.69, 9.17) is 4.74 Å². The lowest BCUT2D eigenvalue weighted by Gasteiger charge is -2.25. The van der Waals surface area contributed by atoms with Crippen molar-refractivity contribution in [1.82, 2.24) is 14.4 Å². The van der Waals surface area contributed by atoms with E-state index in [1.165, 1.54) is 5.56 Å². The monoisotopic (exact) mass is 369 g/mol. The average Bonchev–Trinajstić information content (AvgIpc) is 3.23. The molecule has 2 aromatic rings. The van der Waals surface area contributed by atoms with Gasteiger partial charge in [-0.3, -0.25) is 4.79 Å². The first-order valence-corrected chi connectivity index (χ1v) is 9.63. The highest BCUT2D eigenvalue weighted by Gasteiger charge is 2.38. The van der Waals surface area contributed by atoms with Crippen molar-refractivity contribution >= 4 is 5.91 Å². The Morgan fingerprint density at radius 2 is 1.85 bits per heavy atom. The molecule has 0 saturated carbocycles. The van der Waals surface area contributed by atoms with Gasteiger partial charge in [-0.25, -0.2) is 0 Å². The molecule has 146 valence electrons.